The van der Waals surface area contributed by atoms with E-state index in [4.69, 9.17) is 9.47 Å². The van der Waals surface area contributed by atoms with E-state index in [1.54, 1.807) is 6.07 Å². The van der Waals surface area contributed by atoms with Gasteiger partial charge in [0.15, 0.2) is 17.3 Å². The molecule has 0 aliphatic heterocycles. The molecule has 0 amide bonds. The predicted molar refractivity (Wildman–Crippen MR) is 53.8 cm³/mol. The van der Waals surface area contributed by atoms with Gasteiger partial charge in [0.05, 0.1) is 13.7 Å². The molecule has 3 nitrogen and oxygen atoms in total. The summed E-state index contributed by atoms with van der Waals surface area (Å²) < 4.78 is 22.7. The van der Waals surface area contributed by atoms with Gasteiger partial charge < -0.3 is 9.47 Å². The molecule has 1 aromatic rings. The standard InChI is InChI=1S/C11H13FO3/c1-14-6-5-10(13)8-3-4-11(15-2)9(12)7-8/h3-4,7H,5-6H2,1-2H3. The molecule has 0 heterocycles. The molecule has 0 bridgehead atoms. The number of carbonyl (C=O) groups is 1. The Morgan fingerprint density at radius 2 is 2.13 bits per heavy atom. The fourth-order valence-corrected chi connectivity index (χ4v) is 1.18. The van der Waals surface area contributed by atoms with Crippen molar-refractivity contribution in [3.05, 3.63) is 29.6 Å². The van der Waals surface area contributed by atoms with Gasteiger partial charge in [-0.15, -0.1) is 0 Å². The van der Waals surface area contributed by atoms with E-state index in [0.717, 1.165) is 0 Å². The van der Waals surface area contributed by atoms with Gasteiger partial charge in [-0.2, -0.15) is 0 Å². The lowest BCUT2D eigenvalue weighted by molar-refractivity contribution is 0.0931. The van der Waals surface area contributed by atoms with Crippen LogP contribution in [0.5, 0.6) is 5.75 Å². The Hall–Kier alpha value is -1.42. The van der Waals surface area contributed by atoms with Gasteiger partial charge in [-0.25, -0.2) is 4.39 Å². The number of rotatable bonds is 5. The Kier molecular flexibility index (Phi) is 4.24. The summed E-state index contributed by atoms with van der Waals surface area (Å²) in [6.07, 6.45) is 0.252. The van der Waals surface area contributed by atoms with Crippen LogP contribution in [0.15, 0.2) is 18.2 Å². The molecule has 15 heavy (non-hydrogen) atoms. The number of halogens is 1. The fraction of sp³-hybridized carbons (Fsp3) is 0.364. The quantitative estimate of drug-likeness (QED) is 0.701. The molecule has 0 unspecified atom stereocenters. The van der Waals surface area contributed by atoms with Crippen molar-refractivity contribution in [1.82, 2.24) is 0 Å². The Bertz CT molecular complexity index is 350. The Balaban J connectivity index is 2.78. The van der Waals surface area contributed by atoms with Crippen LogP contribution in [-0.4, -0.2) is 26.6 Å². The van der Waals surface area contributed by atoms with E-state index < -0.39 is 5.82 Å². The number of ketones is 1. The predicted octanol–water partition coefficient (Wildman–Crippen LogP) is 2.05. The second-order valence-electron chi connectivity index (χ2n) is 3.02. The molecule has 0 atom stereocenters. The first kappa shape index (κ1) is 11.7. The van der Waals surface area contributed by atoms with Crippen LogP contribution in [0, 0.1) is 5.82 Å². The molecule has 0 saturated carbocycles. The van der Waals surface area contributed by atoms with E-state index >= 15 is 0 Å². The summed E-state index contributed by atoms with van der Waals surface area (Å²) in [6.45, 7) is 0.340. The summed E-state index contributed by atoms with van der Waals surface area (Å²) in [5.41, 5.74) is 0.338. The van der Waals surface area contributed by atoms with Crippen LogP contribution in [0.1, 0.15) is 16.8 Å². The minimum Gasteiger partial charge on any atom is -0.494 e. The highest BCUT2D eigenvalue weighted by molar-refractivity contribution is 5.96. The van der Waals surface area contributed by atoms with Gasteiger partial charge in [0.1, 0.15) is 0 Å². The number of benzene rings is 1. The van der Waals surface area contributed by atoms with E-state index in [0.29, 0.717) is 12.2 Å². The van der Waals surface area contributed by atoms with Crippen molar-refractivity contribution in [1.29, 1.82) is 0 Å². The van der Waals surface area contributed by atoms with Crippen LogP contribution < -0.4 is 4.74 Å². The topological polar surface area (TPSA) is 35.5 Å². The van der Waals surface area contributed by atoms with Crippen molar-refractivity contribution in [2.75, 3.05) is 20.8 Å². The van der Waals surface area contributed by atoms with Gasteiger partial charge in [-0.1, -0.05) is 0 Å². The zero-order chi connectivity index (χ0) is 11.3. The largest absolute Gasteiger partial charge is 0.494 e. The van der Waals surface area contributed by atoms with Gasteiger partial charge in [0, 0.05) is 19.1 Å². The van der Waals surface area contributed by atoms with E-state index in [2.05, 4.69) is 0 Å². The fourth-order valence-electron chi connectivity index (χ4n) is 1.18. The summed E-state index contributed by atoms with van der Waals surface area (Å²) in [5, 5.41) is 0. The molecule has 0 fully saturated rings. The molecule has 0 saturated heterocycles. The highest BCUT2D eigenvalue weighted by Crippen LogP contribution is 2.18. The number of carbonyl (C=O) groups excluding carboxylic acids is 1. The summed E-state index contributed by atoms with van der Waals surface area (Å²) in [5.74, 6) is -0.530. The summed E-state index contributed by atoms with van der Waals surface area (Å²) in [4.78, 5) is 11.5. The third-order valence-corrected chi connectivity index (χ3v) is 2.01. The number of methoxy groups -OCH3 is 2. The number of ether oxygens (including phenoxy) is 2. The monoisotopic (exact) mass is 212 g/mol. The van der Waals surface area contributed by atoms with Crippen LogP contribution >= 0.6 is 0 Å². The lowest BCUT2D eigenvalue weighted by Gasteiger charge is -2.04. The van der Waals surface area contributed by atoms with E-state index in [9.17, 15) is 9.18 Å². The van der Waals surface area contributed by atoms with Crippen molar-refractivity contribution in [2.45, 2.75) is 6.42 Å². The average molecular weight is 212 g/mol. The lowest BCUT2D eigenvalue weighted by atomic mass is 10.1. The molecular formula is C11H13FO3. The van der Waals surface area contributed by atoms with Gasteiger partial charge in [0.2, 0.25) is 0 Å². The molecular weight excluding hydrogens is 199 g/mol. The molecule has 0 aromatic heterocycles. The maximum absolute atomic E-state index is 13.2. The maximum Gasteiger partial charge on any atom is 0.165 e. The van der Waals surface area contributed by atoms with Crippen LogP contribution in [0.4, 0.5) is 4.39 Å². The van der Waals surface area contributed by atoms with Crippen LogP contribution in [-0.2, 0) is 4.74 Å². The first-order valence-electron chi connectivity index (χ1n) is 4.54. The van der Waals surface area contributed by atoms with Crippen LogP contribution in [0.25, 0.3) is 0 Å². The maximum atomic E-state index is 13.2. The van der Waals surface area contributed by atoms with Gasteiger partial charge in [0.25, 0.3) is 0 Å². The molecule has 0 radical (unpaired) electrons. The number of hydrogen-bond donors (Lipinski definition) is 0. The summed E-state index contributed by atoms with van der Waals surface area (Å²) >= 11 is 0. The summed E-state index contributed by atoms with van der Waals surface area (Å²) in [7, 11) is 2.90. The van der Waals surface area contributed by atoms with Gasteiger partial charge >= 0.3 is 0 Å². The molecule has 0 N–H and O–H groups in total. The lowest BCUT2D eigenvalue weighted by Crippen LogP contribution is -2.04. The first-order chi connectivity index (χ1) is 7.19. The molecule has 82 valence electrons. The summed E-state index contributed by atoms with van der Waals surface area (Å²) in [6, 6.07) is 4.16. The number of hydrogen-bond acceptors (Lipinski definition) is 3. The molecule has 1 aromatic carbocycles. The molecule has 0 aliphatic rings. The van der Waals surface area contributed by atoms with E-state index in [-0.39, 0.29) is 18.0 Å². The zero-order valence-electron chi connectivity index (χ0n) is 8.75. The number of Topliss-reactive ketones (excluding diaryl/α,β-unsaturated/α-hetero) is 1. The molecule has 1 rings (SSSR count). The van der Waals surface area contributed by atoms with Crippen LogP contribution in [0.2, 0.25) is 0 Å². The second kappa shape index (κ2) is 5.46. The highest BCUT2D eigenvalue weighted by Gasteiger charge is 2.09. The zero-order valence-corrected chi connectivity index (χ0v) is 8.75. The second-order valence-corrected chi connectivity index (χ2v) is 3.02. The Morgan fingerprint density at radius 3 is 2.67 bits per heavy atom. The van der Waals surface area contributed by atoms with Crippen molar-refractivity contribution >= 4 is 5.78 Å². The van der Waals surface area contributed by atoms with Gasteiger partial charge in [-0.3, -0.25) is 4.79 Å². The molecule has 0 spiro atoms. The van der Waals surface area contributed by atoms with Crippen molar-refractivity contribution in [3.8, 4) is 5.75 Å². The van der Waals surface area contributed by atoms with Crippen molar-refractivity contribution in [3.63, 3.8) is 0 Å². The third-order valence-electron chi connectivity index (χ3n) is 2.01. The minimum absolute atomic E-state index is 0.137. The highest BCUT2D eigenvalue weighted by atomic mass is 19.1. The van der Waals surface area contributed by atoms with Crippen molar-refractivity contribution in [2.24, 2.45) is 0 Å². The van der Waals surface area contributed by atoms with Gasteiger partial charge in [-0.05, 0) is 18.2 Å². The van der Waals surface area contributed by atoms with E-state index in [1.807, 2.05) is 0 Å². The first-order valence-corrected chi connectivity index (χ1v) is 4.54. The normalized spacial score (nSPS) is 10.1. The smallest absolute Gasteiger partial charge is 0.165 e. The minimum atomic E-state index is -0.527. The molecule has 4 heteroatoms. The third kappa shape index (κ3) is 3.02. The average Bonchev–Trinajstić information content (AvgIpc) is 2.25. The Morgan fingerprint density at radius 1 is 1.40 bits per heavy atom. The van der Waals surface area contributed by atoms with Crippen LogP contribution in [0.3, 0.4) is 0 Å². The van der Waals surface area contributed by atoms with E-state index in [1.165, 1.54) is 26.4 Å². The molecule has 0 aliphatic carbocycles. The van der Waals surface area contributed by atoms with Crippen molar-refractivity contribution < 1.29 is 18.7 Å². The Labute approximate surface area is 87.8 Å². The SMILES string of the molecule is COCCC(=O)c1ccc(OC)c(F)c1.